The van der Waals surface area contributed by atoms with E-state index in [1.165, 1.54) is 0 Å². The number of rotatable bonds is 2. The Labute approximate surface area is 111 Å². The largest absolute Gasteiger partial charge is 0.491 e. The molecule has 0 unspecified atom stereocenters. The number of ether oxygens (including phenoxy) is 1. The van der Waals surface area contributed by atoms with Gasteiger partial charge in [-0.15, -0.1) is 0 Å². The van der Waals surface area contributed by atoms with Crippen molar-refractivity contribution in [2.75, 3.05) is 23.5 Å². The van der Waals surface area contributed by atoms with Gasteiger partial charge in [0.05, 0.1) is 6.54 Å². The average molecular weight is 257 g/mol. The normalized spacial score (nSPS) is 14.3. The van der Waals surface area contributed by atoms with Crippen LogP contribution < -0.4 is 20.9 Å². The van der Waals surface area contributed by atoms with Crippen LogP contribution in [0.1, 0.15) is 5.56 Å². The molecule has 1 aromatic heterocycles. The van der Waals surface area contributed by atoms with Gasteiger partial charge in [0.25, 0.3) is 0 Å². The van der Waals surface area contributed by atoms with Gasteiger partial charge < -0.3 is 9.64 Å². The maximum Gasteiger partial charge on any atom is 0.239 e. The zero-order valence-electron chi connectivity index (χ0n) is 10.4. The Morgan fingerprint density at radius 1 is 1.26 bits per heavy atom. The molecule has 19 heavy (non-hydrogen) atoms. The maximum atomic E-state index is 5.73. The molecule has 0 amide bonds. The lowest BCUT2D eigenvalue weighted by molar-refractivity contribution is 0.331. The summed E-state index contributed by atoms with van der Waals surface area (Å²) in [6.45, 7) is 2.17. The minimum Gasteiger partial charge on any atom is -0.491 e. The van der Waals surface area contributed by atoms with Gasteiger partial charge in [-0.2, -0.15) is 4.98 Å². The Morgan fingerprint density at radius 2 is 2.16 bits per heavy atom. The molecule has 6 nitrogen and oxygen atoms in total. The molecule has 98 valence electrons. The molecule has 2 aromatic rings. The molecule has 0 spiro atoms. The minimum atomic E-state index is 0.413. The van der Waals surface area contributed by atoms with E-state index in [1.54, 1.807) is 6.20 Å². The zero-order valence-corrected chi connectivity index (χ0v) is 10.4. The summed E-state index contributed by atoms with van der Waals surface area (Å²) in [6.07, 6.45) is 1.69. The number of benzene rings is 1. The quantitative estimate of drug-likeness (QED) is 0.621. The number of anilines is 2. The summed E-state index contributed by atoms with van der Waals surface area (Å²) in [7, 11) is 0. The lowest BCUT2D eigenvalue weighted by Gasteiger charge is -2.20. The summed E-state index contributed by atoms with van der Waals surface area (Å²) in [5, 5.41) is 0. The molecule has 1 aliphatic heterocycles. The first-order chi connectivity index (χ1) is 9.36. The third-order valence-corrected chi connectivity index (χ3v) is 3.05. The van der Waals surface area contributed by atoms with Gasteiger partial charge in [-0.05, 0) is 12.1 Å². The van der Waals surface area contributed by atoms with Crippen LogP contribution in [0, 0.1) is 0 Å². The topological polar surface area (TPSA) is 76.3 Å². The van der Waals surface area contributed by atoms with Crippen molar-refractivity contribution in [2.24, 2.45) is 5.84 Å². The van der Waals surface area contributed by atoms with E-state index in [1.807, 2.05) is 24.3 Å². The predicted octanol–water partition coefficient (Wildman–Crippen LogP) is 1.16. The SMILES string of the molecule is NNc1nccc(N2CCOc3ccccc3C2)n1. The van der Waals surface area contributed by atoms with Crippen LogP contribution in [0.25, 0.3) is 0 Å². The molecule has 1 aromatic carbocycles. The highest BCUT2D eigenvalue weighted by molar-refractivity contribution is 5.45. The Balaban J connectivity index is 1.89. The number of hydrazine groups is 1. The van der Waals surface area contributed by atoms with Crippen LogP contribution >= 0.6 is 0 Å². The Morgan fingerprint density at radius 3 is 3.05 bits per heavy atom. The highest BCUT2D eigenvalue weighted by Crippen LogP contribution is 2.25. The molecular weight excluding hydrogens is 242 g/mol. The molecular formula is C13H15N5O. The van der Waals surface area contributed by atoms with Crippen molar-refractivity contribution in [3.8, 4) is 5.75 Å². The zero-order chi connectivity index (χ0) is 13.1. The van der Waals surface area contributed by atoms with Crippen molar-refractivity contribution >= 4 is 11.8 Å². The first-order valence-corrected chi connectivity index (χ1v) is 6.12. The lowest BCUT2D eigenvalue weighted by atomic mass is 10.2. The highest BCUT2D eigenvalue weighted by atomic mass is 16.5. The fourth-order valence-electron chi connectivity index (χ4n) is 2.12. The predicted molar refractivity (Wildman–Crippen MR) is 72.8 cm³/mol. The van der Waals surface area contributed by atoms with Gasteiger partial charge in [-0.25, -0.2) is 10.8 Å². The molecule has 3 N–H and O–H groups in total. The molecule has 0 radical (unpaired) electrons. The molecule has 0 fully saturated rings. The van der Waals surface area contributed by atoms with E-state index in [2.05, 4.69) is 26.4 Å². The van der Waals surface area contributed by atoms with Crippen molar-refractivity contribution in [3.05, 3.63) is 42.1 Å². The standard InChI is InChI=1S/C13H15N5O/c14-17-13-15-6-5-12(16-13)18-7-8-19-11-4-2-1-3-10(11)9-18/h1-6H,7-9,14H2,(H,15,16,17). The summed E-state index contributed by atoms with van der Waals surface area (Å²) in [6, 6.07) is 9.92. The molecule has 6 heteroatoms. The molecule has 0 saturated heterocycles. The van der Waals surface area contributed by atoms with Crippen molar-refractivity contribution in [1.29, 1.82) is 0 Å². The van der Waals surface area contributed by atoms with Gasteiger partial charge in [0.1, 0.15) is 18.2 Å². The first kappa shape index (κ1) is 11.7. The van der Waals surface area contributed by atoms with E-state index in [0.717, 1.165) is 30.2 Å². The Hall–Kier alpha value is -2.34. The molecule has 2 heterocycles. The summed E-state index contributed by atoms with van der Waals surface area (Å²) in [5.74, 6) is 7.53. The van der Waals surface area contributed by atoms with E-state index < -0.39 is 0 Å². The summed E-state index contributed by atoms with van der Waals surface area (Å²) in [4.78, 5) is 10.5. The van der Waals surface area contributed by atoms with Crippen LogP contribution in [0.5, 0.6) is 5.75 Å². The minimum absolute atomic E-state index is 0.413. The van der Waals surface area contributed by atoms with Gasteiger partial charge in [-0.1, -0.05) is 18.2 Å². The molecule has 0 bridgehead atoms. The van der Waals surface area contributed by atoms with E-state index in [9.17, 15) is 0 Å². The fraction of sp³-hybridized carbons (Fsp3) is 0.231. The number of para-hydroxylation sites is 1. The third-order valence-electron chi connectivity index (χ3n) is 3.05. The van der Waals surface area contributed by atoms with Crippen molar-refractivity contribution < 1.29 is 4.74 Å². The Kier molecular flexibility index (Phi) is 3.16. The van der Waals surface area contributed by atoms with Gasteiger partial charge in [0.15, 0.2) is 0 Å². The highest BCUT2D eigenvalue weighted by Gasteiger charge is 2.16. The van der Waals surface area contributed by atoms with Crippen LogP contribution in [0.2, 0.25) is 0 Å². The van der Waals surface area contributed by atoms with Crippen LogP contribution in [0.15, 0.2) is 36.5 Å². The molecule has 0 atom stereocenters. The van der Waals surface area contributed by atoms with E-state index in [4.69, 9.17) is 10.6 Å². The van der Waals surface area contributed by atoms with E-state index in [-0.39, 0.29) is 0 Å². The maximum absolute atomic E-state index is 5.73. The van der Waals surface area contributed by atoms with Gasteiger partial charge >= 0.3 is 0 Å². The average Bonchev–Trinajstić information content (AvgIpc) is 2.69. The van der Waals surface area contributed by atoms with Gasteiger partial charge in [0, 0.05) is 18.3 Å². The van der Waals surface area contributed by atoms with Gasteiger partial charge in [-0.3, -0.25) is 5.43 Å². The van der Waals surface area contributed by atoms with Crippen molar-refractivity contribution in [1.82, 2.24) is 9.97 Å². The van der Waals surface area contributed by atoms with Gasteiger partial charge in [0.2, 0.25) is 5.95 Å². The smallest absolute Gasteiger partial charge is 0.239 e. The number of nitrogens with zero attached hydrogens (tertiary/aromatic N) is 3. The number of hydrogen-bond acceptors (Lipinski definition) is 6. The van der Waals surface area contributed by atoms with E-state index in [0.29, 0.717) is 12.6 Å². The van der Waals surface area contributed by atoms with Crippen LogP contribution in [-0.2, 0) is 6.54 Å². The summed E-state index contributed by atoms with van der Waals surface area (Å²) < 4.78 is 5.73. The molecule has 0 aliphatic carbocycles. The van der Waals surface area contributed by atoms with Crippen LogP contribution in [-0.4, -0.2) is 23.1 Å². The number of nitrogens with two attached hydrogens (primary N) is 1. The monoisotopic (exact) mass is 257 g/mol. The number of nitrogen functional groups attached to an aromatic ring is 1. The third kappa shape index (κ3) is 2.43. The summed E-state index contributed by atoms with van der Waals surface area (Å²) in [5.41, 5.74) is 3.61. The summed E-state index contributed by atoms with van der Waals surface area (Å²) >= 11 is 0. The molecule has 0 saturated carbocycles. The van der Waals surface area contributed by atoms with Crippen LogP contribution in [0.3, 0.4) is 0 Å². The number of fused-ring (bicyclic) bond motifs is 1. The number of hydrogen-bond donors (Lipinski definition) is 2. The first-order valence-electron chi connectivity index (χ1n) is 6.12. The van der Waals surface area contributed by atoms with Crippen LogP contribution in [0.4, 0.5) is 11.8 Å². The molecule has 3 rings (SSSR count). The number of aromatic nitrogens is 2. The Bertz CT molecular complexity index is 574. The fourth-order valence-corrected chi connectivity index (χ4v) is 2.12. The number of nitrogens with one attached hydrogen (secondary N) is 1. The van der Waals surface area contributed by atoms with Crippen molar-refractivity contribution in [3.63, 3.8) is 0 Å². The van der Waals surface area contributed by atoms with E-state index >= 15 is 0 Å². The molecule has 1 aliphatic rings. The second-order valence-corrected chi connectivity index (χ2v) is 4.26. The second kappa shape index (κ2) is 5.11. The second-order valence-electron chi connectivity index (χ2n) is 4.26. The lowest BCUT2D eigenvalue weighted by Crippen LogP contribution is -2.26. The van der Waals surface area contributed by atoms with Crippen molar-refractivity contribution in [2.45, 2.75) is 6.54 Å².